The monoisotopic (exact) mass is 407 g/mol. The maximum absolute atomic E-state index is 12.2. The van der Waals surface area contributed by atoms with Crippen molar-refractivity contribution in [2.75, 3.05) is 11.9 Å². The average Bonchev–Trinajstić information content (AvgIpc) is 3.04. The summed E-state index contributed by atoms with van der Waals surface area (Å²) in [4.78, 5) is 20.1. The number of carbonyl (C=O) groups is 1. The van der Waals surface area contributed by atoms with E-state index in [0.29, 0.717) is 28.6 Å². The molecule has 0 saturated heterocycles. The normalized spacial score (nSPS) is 11.2. The van der Waals surface area contributed by atoms with Gasteiger partial charge >= 0.3 is 12.3 Å². The second-order valence-electron chi connectivity index (χ2n) is 5.73. The summed E-state index contributed by atoms with van der Waals surface area (Å²) in [5.41, 5.74) is 1.36. The predicted octanol–water partition coefficient (Wildman–Crippen LogP) is 3.79. The molecule has 0 amide bonds. The van der Waals surface area contributed by atoms with Crippen LogP contribution < -0.4 is 10.1 Å². The van der Waals surface area contributed by atoms with Crippen LogP contribution in [0.3, 0.4) is 0 Å². The fraction of sp³-hybridized carbons (Fsp3) is 0.222. The summed E-state index contributed by atoms with van der Waals surface area (Å²) >= 11 is 0. The largest absolute Gasteiger partial charge is 0.573 e. The van der Waals surface area contributed by atoms with E-state index in [1.807, 2.05) is 0 Å². The Morgan fingerprint density at radius 2 is 1.93 bits per heavy atom. The van der Waals surface area contributed by atoms with Crippen molar-refractivity contribution >= 4 is 17.5 Å². The van der Waals surface area contributed by atoms with E-state index < -0.39 is 12.3 Å². The Bertz CT molecular complexity index is 1000. The number of anilines is 2. The summed E-state index contributed by atoms with van der Waals surface area (Å²) in [6.45, 7) is 3.66. The van der Waals surface area contributed by atoms with Crippen molar-refractivity contribution in [3.05, 3.63) is 54.1 Å². The molecule has 0 aliphatic heterocycles. The van der Waals surface area contributed by atoms with E-state index in [1.54, 1.807) is 19.9 Å². The molecule has 2 aromatic heterocycles. The number of aromatic nitrogens is 4. The highest BCUT2D eigenvalue weighted by molar-refractivity contribution is 5.90. The van der Waals surface area contributed by atoms with Gasteiger partial charge in [-0.3, -0.25) is 0 Å². The zero-order valence-electron chi connectivity index (χ0n) is 15.4. The van der Waals surface area contributed by atoms with E-state index in [-0.39, 0.29) is 12.4 Å². The van der Waals surface area contributed by atoms with Gasteiger partial charge in [0.05, 0.1) is 18.5 Å². The van der Waals surface area contributed by atoms with E-state index >= 15 is 0 Å². The molecule has 0 atom stereocenters. The first-order chi connectivity index (χ1) is 13.8. The van der Waals surface area contributed by atoms with Crippen LogP contribution in [0.1, 0.15) is 23.0 Å². The average molecular weight is 407 g/mol. The molecule has 8 nitrogen and oxygen atoms in total. The van der Waals surface area contributed by atoms with Crippen LogP contribution in [0, 0.1) is 6.92 Å². The Kier molecular flexibility index (Phi) is 5.66. The van der Waals surface area contributed by atoms with Crippen LogP contribution in [-0.4, -0.2) is 38.7 Å². The third-order valence-corrected chi connectivity index (χ3v) is 3.74. The molecule has 0 aliphatic carbocycles. The summed E-state index contributed by atoms with van der Waals surface area (Å²) in [6, 6.07) is 6.78. The van der Waals surface area contributed by atoms with Crippen molar-refractivity contribution in [1.82, 2.24) is 19.7 Å². The van der Waals surface area contributed by atoms with Gasteiger partial charge in [-0.2, -0.15) is 5.10 Å². The van der Waals surface area contributed by atoms with Gasteiger partial charge in [0.1, 0.15) is 23.5 Å². The lowest BCUT2D eigenvalue weighted by atomic mass is 10.2. The molecule has 0 aliphatic rings. The van der Waals surface area contributed by atoms with Gasteiger partial charge in [-0.05, 0) is 38.1 Å². The Morgan fingerprint density at radius 1 is 1.21 bits per heavy atom. The van der Waals surface area contributed by atoms with Crippen LogP contribution in [0.5, 0.6) is 5.75 Å². The summed E-state index contributed by atoms with van der Waals surface area (Å²) in [5.74, 6) is -0.0328. The number of ether oxygens (including phenoxy) is 2. The van der Waals surface area contributed by atoms with Gasteiger partial charge in [0, 0.05) is 11.8 Å². The van der Waals surface area contributed by atoms with Crippen molar-refractivity contribution in [1.29, 1.82) is 0 Å². The fourth-order valence-electron chi connectivity index (χ4n) is 2.47. The first-order valence-electron chi connectivity index (χ1n) is 8.44. The summed E-state index contributed by atoms with van der Waals surface area (Å²) in [7, 11) is 0. The van der Waals surface area contributed by atoms with Crippen molar-refractivity contribution in [2.45, 2.75) is 20.2 Å². The van der Waals surface area contributed by atoms with Gasteiger partial charge in [-0.15, -0.1) is 13.2 Å². The molecule has 2 heterocycles. The third kappa shape index (κ3) is 5.00. The number of esters is 1. The van der Waals surface area contributed by atoms with E-state index in [0.717, 1.165) is 0 Å². The summed E-state index contributed by atoms with van der Waals surface area (Å²) in [6.07, 6.45) is -2.06. The molecular formula is C18H16F3N5O3. The Morgan fingerprint density at radius 3 is 2.59 bits per heavy atom. The molecule has 11 heteroatoms. The highest BCUT2D eigenvalue weighted by Crippen LogP contribution is 2.25. The van der Waals surface area contributed by atoms with Gasteiger partial charge in [0.15, 0.2) is 5.82 Å². The molecule has 0 radical (unpaired) electrons. The van der Waals surface area contributed by atoms with E-state index in [2.05, 4.69) is 25.1 Å². The molecule has 0 spiro atoms. The quantitative estimate of drug-likeness (QED) is 0.622. The minimum absolute atomic E-state index is 0.248. The Labute approximate surface area is 163 Å². The van der Waals surface area contributed by atoms with Crippen LogP contribution in [0.2, 0.25) is 0 Å². The maximum atomic E-state index is 12.2. The zero-order chi connectivity index (χ0) is 21.0. The molecule has 0 bridgehead atoms. The van der Waals surface area contributed by atoms with Crippen molar-refractivity contribution in [2.24, 2.45) is 0 Å². The second-order valence-corrected chi connectivity index (χ2v) is 5.73. The van der Waals surface area contributed by atoms with Gasteiger partial charge in [0.2, 0.25) is 0 Å². The number of alkyl halides is 3. The zero-order valence-corrected chi connectivity index (χ0v) is 15.4. The standard InChI is InChI=1S/C18H16F3N5O3/c1-3-28-17(27)14-9-24-26(11(14)2)16-8-15(22-10-23-16)25-12-4-6-13(7-5-12)29-18(19,20)21/h4-10H,3H2,1-2H3,(H,22,23,25). The number of hydrogen-bond acceptors (Lipinski definition) is 7. The number of nitrogens with one attached hydrogen (secondary N) is 1. The van der Waals surface area contributed by atoms with Crippen LogP contribution in [-0.2, 0) is 4.74 Å². The predicted molar refractivity (Wildman–Crippen MR) is 96.3 cm³/mol. The lowest BCUT2D eigenvalue weighted by Gasteiger charge is -2.11. The van der Waals surface area contributed by atoms with E-state index in [4.69, 9.17) is 4.74 Å². The maximum Gasteiger partial charge on any atom is 0.573 e. The molecule has 1 N–H and O–H groups in total. The molecule has 0 saturated carbocycles. The number of halogens is 3. The highest BCUT2D eigenvalue weighted by atomic mass is 19.4. The number of carbonyl (C=O) groups excluding carboxylic acids is 1. The van der Waals surface area contributed by atoms with Crippen LogP contribution in [0.15, 0.2) is 42.9 Å². The molecule has 0 unspecified atom stereocenters. The number of nitrogens with zero attached hydrogens (tertiary/aromatic N) is 4. The van der Waals surface area contributed by atoms with Crippen LogP contribution in [0.25, 0.3) is 5.82 Å². The molecule has 3 rings (SSSR count). The smallest absolute Gasteiger partial charge is 0.462 e. The first kappa shape index (κ1) is 20.1. The van der Waals surface area contributed by atoms with E-state index in [1.165, 1.54) is 41.5 Å². The molecular weight excluding hydrogens is 391 g/mol. The molecule has 1 aromatic carbocycles. The summed E-state index contributed by atoms with van der Waals surface area (Å²) < 4.78 is 47.0. The number of hydrogen-bond donors (Lipinski definition) is 1. The van der Waals surface area contributed by atoms with Crippen LogP contribution >= 0.6 is 0 Å². The third-order valence-electron chi connectivity index (χ3n) is 3.74. The molecule has 29 heavy (non-hydrogen) atoms. The lowest BCUT2D eigenvalue weighted by Crippen LogP contribution is -2.16. The minimum atomic E-state index is -4.75. The molecule has 3 aromatic rings. The lowest BCUT2D eigenvalue weighted by molar-refractivity contribution is -0.274. The number of rotatable bonds is 6. The highest BCUT2D eigenvalue weighted by Gasteiger charge is 2.30. The topological polar surface area (TPSA) is 91.2 Å². The summed E-state index contributed by atoms with van der Waals surface area (Å²) in [5, 5.41) is 7.11. The molecule has 152 valence electrons. The fourth-order valence-corrected chi connectivity index (χ4v) is 2.47. The van der Waals surface area contributed by atoms with E-state index in [9.17, 15) is 18.0 Å². The SMILES string of the molecule is CCOC(=O)c1cnn(-c2cc(Nc3ccc(OC(F)(F)F)cc3)ncn2)c1C. The minimum Gasteiger partial charge on any atom is -0.462 e. The Balaban J connectivity index is 1.78. The molecule has 0 fully saturated rings. The van der Waals surface area contributed by atoms with Gasteiger partial charge in [-0.25, -0.2) is 19.4 Å². The van der Waals surface area contributed by atoms with Crippen molar-refractivity contribution < 1.29 is 27.4 Å². The second kappa shape index (κ2) is 8.17. The van der Waals surface area contributed by atoms with Gasteiger partial charge in [0.25, 0.3) is 0 Å². The Hall–Kier alpha value is -3.63. The van der Waals surface area contributed by atoms with Crippen molar-refractivity contribution in [3.63, 3.8) is 0 Å². The van der Waals surface area contributed by atoms with Gasteiger partial charge in [-0.1, -0.05) is 0 Å². The van der Waals surface area contributed by atoms with Gasteiger partial charge < -0.3 is 14.8 Å². The number of benzene rings is 1. The first-order valence-corrected chi connectivity index (χ1v) is 8.44. The van der Waals surface area contributed by atoms with Crippen molar-refractivity contribution in [3.8, 4) is 11.6 Å². The van der Waals surface area contributed by atoms with Crippen LogP contribution in [0.4, 0.5) is 24.7 Å².